The molecule has 3 aromatic rings. The van der Waals surface area contributed by atoms with E-state index in [1.54, 1.807) is 0 Å². The minimum Gasteiger partial charge on any atom is -0.350 e. The molecule has 2 N–H and O–H groups in total. The molecule has 0 bridgehead atoms. The third-order valence-electron chi connectivity index (χ3n) is 3.52. The number of fused-ring (bicyclic) bond motifs is 1. The smallest absolute Gasteiger partial charge is 0.106 e. The molecule has 0 saturated carbocycles. The Morgan fingerprint density at radius 1 is 1.21 bits per heavy atom. The first-order chi connectivity index (χ1) is 9.20. The number of hydrogen-bond acceptors (Lipinski definition) is 2. The summed E-state index contributed by atoms with van der Waals surface area (Å²) in [6, 6.07) is 8.39. The Balaban J connectivity index is 2.16. The number of rotatable bonds is 3. The first-order valence-corrected chi connectivity index (χ1v) is 6.49. The van der Waals surface area contributed by atoms with E-state index in [1.165, 1.54) is 16.5 Å². The molecule has 19 heavy (non-hydrogen) atoms. The minimum atomic E-state index is 0.631. The Labute approximate surface area is 112 Å². The van der Waals surface area contributed by atoms with Crippen LogP contribution in [0, 0.1) is 6.92 Å². The number of aromatic nitrogens is 3. The summed E-state index contributed by atoms with van der Waals surface area (Å²) in [4.78, 5) is 4.66. The molecule has 0 atom stereocenters. The summed E-state index contributed by atoms with van der Waals surface area (Å²) in [6.45, 7) is 3.46. The van der Waals surface area contributed by atoms with E-state index in [9.17, 15) is 0 Å². The van der Waals surface area contributed by atoms with Crippen molar-refractivity contribution in [1.29, 1.82) is 0 Å². The Kier molecular flexibility index (Phi) is 2.87. The molecule has 0 amide bonds. The van der Waals surface area contributed by atoms with Crippen LogP contribution in [0.25, 0.3) is 22.2 Å². The minimum absolute atomic E-state index is 0.631. The van der Waals surface area contributed by atoms with Gasteiger partial charge in [-0.2, -0.15) is 0 Å². The van der Waals surface area contributed by atoms with Crippen molar-refractivity contribution < 1.29 is 0 Å². The molecule has 0 aliphatic carbocycles. The fraction of sp³-hybridized carbons (Fsp3) is 0.267. The van der Waals surface area contributed by atoms with Gasteiger partial charge < -0.3 is 14.9 Å². The molecular formula is C15H18N4. The van der Waals surface area contributed by atoms with Crippen LogP contribution >= 0.6 is 0 Å². The van der Waals surface area contributed by atoms with Crippen molar-refractivity contribution in [2.75, 3.05) is 6.54 Å². The summed E-state index contributed by atoms with van der Waals surface area (Å²) >= 11 is 0. The molecule has 0 aliphatic heterocycles. The van der Waals surface area contributed by atoms with Crippen LogP contribution in [0.2, 0.25) is 0 Å². The molecular weight excluding hydrogens is 236 g/mol. The summed E-state index contributed by atoms with van der Waals surface area (Å²) in [5.74, 6) is 1.01. The van der Waals surface area contributed by atoms with E-state index in [2.05, 4.69) is 57.8 Å². The molecule has 98 valence electrons. The lowest BCUT2D eigenvalue weighted by atomic mass is 10.1. The molecule has 4 nitrogen and oxygen atoms in total. The molecule has 3 rings (SSSR count). The highest BCUT2D eigenvalue weighted by Gasteiger charge is 2.12. The van der Waals surface area contributed by atoms with Gasteiger partial charge in [-0.3, -0.25) is 0 Å². The van der Waals surface area contributed by atoms with E-state index in [1.807, 2.05) is 6.92 Å². The summed E-state index contributed by atoms with van der Waals surface area (Å²) in [5, 5.41) is 1.24. The third kappa shape index (κ3) is 1.94. The molecule has 4 heteroatoms. The van der Waals surface area contributed by atoms with Crippen molar-refractivity contribution in [2.24, 2.45) is 12.8 Å². The van der Waals surface area contributed by atoms with Crippen molar-refractivity contribution in [2.45, 2.75) is 13.5 Å². The van der Waals surface area contributed by atoms with Crippen LogP contribution in [0.3, 0.4) is 0 Å². The summed E-state index contributed by atoms with van der Waals surface area (Å²) < 4.78 is 4.25. The van der Waals surface area contributed by atoms with Crippen molar-refractivity contribution in [1.82, 2.24) is 14.1 Å². The van der Waals surface area contributed by atoms with Crippen LogP contribution in [-0.2, 0) is 13.6 Å². The van der Waals surface area contributed by atoms with E-state index < -0.39 is 0 Å². The number of imidazole rings is 1. The van der Waals surface area contributed by atoms with Gasteiger partial charge in [-0.05, 0) is 13.0 Å². The number of aryl methyl sites for hydroxylation is 2. The highest BCUT2D eigenvalue weighted by molar-refractivity contribution is 5.95. The van der Waals surface area contributed by atoms with Gasteiger partial charge in [0.25, 0.3) is 0 Å². The standard InChI is InChI=1S/C15H18N4/c1-11-17-14(10-19(11)8-7-16)13-9-18(2)15-6-4-3-5-12(13)15/h3-6,9-10H,7-8,16H2,1-2H3. The highest BCUT2D eigenvalue weighted by Crippen LogP contribution is 2.29. The molecule has 2 heterocycles. The summed E-state index contributed by atoms with van der Waals surface area (Å²) in [5.41, 5.74) is 9.04. The van der Waals surface area contributed by atoms with Gasteiger partial charge in [0.15, 0.2) is 0 Å². The van der Waals surface area contributed by atoms with Gasteiger partial charge in [-0.15, -0.1) is 0 Å². The second kappa shape index (κ2) is 4.55. The van der Waals surface area contributed by atoms with Gasteiger partial charge in [0.05, 0.1) is 5.69 Å². The Morgan fingerprint density at radius 2 is 2.00 bits per heavy atom. The van der Waals surface area contributed by atoms with Crippen LogP contribution in [0.4, 0.5) is 0 Å². The molecule has 1 aromatic carbocycles. The van der Waals surface area contributed by atoms with Gasteiger partial charge in [0, 0.05) is 49.0 Å². The zero-order valence-corrected chi connectivity index (χ0v) is 11.3. The predicted molar refractivity (Wildman–Crippen MR) is 77.9 cm³/mol. The molecule has 0 radical (unpaired) electrons. The molecule has 0 saturated heterocycles. The number of hydrogen-bond donors (Lipinski definition) is 1. The van der Waals surface area contributed by atoms with E-state index in [0.717, 1.165) is 18.1 Å². The largest absolute Gasteiger partial charge is 0.350 e. The summed E-state index contributed by atoms with van der Waals surface area (Å²) in [6.07, 6.45) is 4.23. The van der Waals surface area contributed by atoms with Gasteiger partial charge in [-0.1, -0.05) is 18.2 Å². The Bertz CT molecular complexity index is 721. The van der Waals surface area contributed by atoms with E-state index in [4.69, 9.17) is 5.73 Å². The van der Waals surface area contributed by atoms with Crippen LogP contribution < -0.4 is 5.73 Å². The number of nitrogens with zero attached hydrogens (tertiary/aromatic N) is 3. The monoisotopic (exact) mass is 254 g/mol. The summed E-state index contributed by atoms with van der Waals surface area (Å²) in [7, 11) is 2.07. The lowest BCUT2D eigenvalue weighted by molar-refractivity contribution is 0.684. The predicted octanol–water partition coefficient (Wildman–Crippen LogP) is 2.31. The molecule has 0 unspecified atom stereocenters. The molecule has 0 aliphatic rings. The average molecular weight is 254 g/mol. The van der Waals surface area contributed by atoms with Gasteiger partial charge in [-0.25, -0.2) is 4.98 Å². The van der Waals surface area contributed by atoms with Gasteiger partial charge >= 0.3 is 0 Å². The average Bonchev–Trinajstić information content (AvgIpc) is 2.93. The Hall–Kier alpha value is -2.07. The van der Waals surface area contributed by atoms with Crippen LogP contribution in [0.15, 0.2) is 36.7 Å². The van der Waals surface area contributed by atoms with E-state index in [-0.39, 0.29) is 0 Å². The maximum atomic E-state index is 5.62. The molecule has 0 fully saturated rings. The maximum absolute atomic E-state index is 5.62. The Morgan fingerprint density at radius 3 is 2.79 bits per heavy atom. The van der Waals surface area contributed by atoms with Crippen LogP contribution in [0.1, 0.15) is 5.82 Å². The second-order valence-corrected chi connectivity index (χ2v) is 4.83. The fourth-order valence-corrected chi connectivity index (χ4v) is 2.55. The first kappa shape index (κ1) is 12.0. The van der Waals surface area contributed by atoms with Crippen molar-refractivity contribution in [3.63, 3.8) is 0 Å². The maximum Gasteiger partial charge on any atom is 0.106 e. The lowest BCUT2D eigenvalue weighted by Crippen LogP contribution is -2.10. The third-order valence-corrected chi connectivity index (χ3v) is 3.52. The second-order valence-electron chi connectivity index (χ2n) is 4.83. The van der Waals surface area contributed by atoms with E-state index in [0.29, 0.717) is 6.54 Å². The quantitative estimate of drug-likeness (QED) is 0.779. The molecule has 0 spiro atoms. The van der Waals surface area contributed by atoms with Gasteiger partial charge in [0.2, 0.25) is 0 Å². The molecule has 2 aromatic heterocycles. The normalized spacial score (nSPS) is 11.3. The zero-order valence-electron chi connectivity index (χ0n) is 11.3. The van der Waals surface area contributed by atoms with E-state index >= 15 is 0 Å². The fourth-order valence-electron chi connectivity index (χ4n) is 2.55. The first-order valence-electron chi connectivity index (χ1n) is 6.49. The van der Waals surface area contributed by atoms with Crippen molar-refractivity contribution in [3.8, 4) is 11.3 Å². The van der Waals surface area contributed by atoms with Crippen molar-refractivity contribution in [3.05, 3.63) is 42.5 Å². The van der Waals surface area contributed by atoms with Crippen molar-refractivity contribution >= 4 is 10.9 Å². The topological polar surface area (TPSA) is 48.8 Å². The lowest BCUT2D eigenvalue weighted by Gasteiger charge is -1.99. The number of nitrogens with two attached hydrogens (primary N) is 1. The van der Waals surface area contributed by atoms with Crippen LogP contribution in [0.5, 0.6) is 0 Å². The highest BCUT2D eigenvalue weighted by atomic mass is 15.1. The SMILES string of the molecule is Cc1nc(-c2cn(C)c3ccccc23)cn1CCN. The number of para-hydroxylation sites is 1. The number of benzene rings is 1. The van der Waals surface area contributed by atoms with Gasteiger partial charge in [0.1, 0.15) is 5.82 Å². The zero-order chi connectivity index (χ0) is 13.4. The van der Waals surface area contributed by atoms with Crippen LogP contribution in [-0.4, -0.2) is 20.7 Å².